The number of hydrogen-bond acceptors (Lipinski definition) is 5. The summed E-state index contributed by atoms with van der Waals surface area (Å²) < 4.78 is 1.79. The van der Waals surface area contributed by atoms with Crippen molar-refractivity contribution in [3.05, 3.63) is 29.8 Å². The molecule has 0 saturated carbocycles. The van der Waals surface area contributed by atoms with E-state index < -0.39 is 0 Å². The predicted molar refractivity (Wildman–Crippen MR) is 76.1 cm³/mol. The van der Waals surface area contributed by atoms with Gasteiger partial charge in [-0.2, -0.15) is 5.10 Å². The van der Waals surface area contributed by atoms with Crippen LogP contribution in [0.15, 0.2) is 18.7 Å². The number of aryl methyl sites for hydroxylation is 1. The van der Waals surface area contributed by atoms with Crippen LogP contribution in [0.3, 0.4) is 0 Å². The van der Waals surface area contributed by atoms with Crippen molar-refractivity contribution in [1.29, 1.82) is 0 Å². The Morgan fingerprint density at radius 1 is 1.26 bits per heavy atom. The second-order valence-corrected chi connectivity index (χ2v) is 4.43. The van der Waals surface area contributed by atoms with Gasteiger partial charge in [0.25, 0.3) is 0 Å². The van der Waals surface area contributed by atoms with E-state index in [1.807, 2.05) is 26.5 Å². The Morgan fingerprint density at radius 3 is 2.68 bits per heavy atom. The Morgan fingerprint density at radius 2 is 2.05 bits per heavy atom. The summed E-state index contributed by atoms with van der Waals surface area (Å²) in [5.74, 6) is 1.79. The normalized spacial score (nSPS) is 10.5. The van der Waals surface area contributed by atoms with E-state index in [1.165, 1.54) is 0 Å². The van der Waals surface area contributed by atoms with Crippen LogP contribution in [0.1, 0.15) is 24.5 Å². The number of nitrogens with one attached hydrogen (secondary N) is 2. The standard InChI is InChI=1S/C13H20N6/c1-4-5-11-12(14-2)16-9-17-13(11)15-6-10-7-18-19(3)8-10/h7-9H,4-6H2,1-3H3,(H2,14,15,16,17). The zero-order chi connectivity index (χ0) is 13.7. The van der Waals surface area contributed by atoms with Gasteiger partial charge in [-0.25, -0.2) is 9.97 Å². The first-order valence-corrected chi connectivity index (χ1v) is 6.47. The number of anilines is 2. The van der Waals surface area contributed by atoms with Crippen molar-refractivity contribution in [2.75, 3.05) is 17.7 Å². The molecule has 0 atom stereocenters. The van der Waals surface area contributed by atoms with E-state index in [0.717, 1.165) is 35.6 Å². The first-order valence-electron chi connectivity index (χ1n) is 6.47. The molecule has 6 heteroatoms. The molecule has 102 valence electrons. The lowest BCUT2D eigenvalue weighted by Gasteiger charge is -2.13. The summed E-state index contributed by atoms with van der Waals surface area (Å²) in [5.41, 5.74) is 2.27. The molecule has 0 aliphatic rings. The maximum Gasteiger partial charge on any atom is 0.134 e. The average molecular weight is 260 g/mol. The van der Waals surface area contributed by atoms with E-state index in [9.17, 15) is 0 Å². The van der Waals surface area contributed by atoms with Gasteiger partial charge < -0.3 is 10.6 Å². The molecule has 0 bridgehead atoms. The highest BCUT2D eigenvalue weighted by atomic mass is 15.2. The molecule has 2 N–H and O–H groups in total. The first kappa shape index (κ1) is 13.3. The molecule has 6 nitrogen and oxygen atoms in total. The van der Waals surface area contributed by atoms with Gasteiger partial charge in [-0.1, -0.05) is 13.3 Å². The van der Waals surface area contributed by atoms with Crippen LogP contribution in [0.4, 0.5) is 11.6 Å². The van der Waals surface area contributed by atoms with Crippen LogP contribution >= 0.6 is 0 Å². The molecule has 0 aromatic carbocycles. The summed E-state index contributed by atoms with van der Waals surface area (Å²) in [5, 5.41) is 10.6. The molecular formula is C13H20N6. The molecule has 19 heavy (non-hydrogen) atoms. The molecule has 0 aliphatic carbocycles. The fourth-order valence-electron chi connectivity index (χ4n) is 2.02. The molecule has 0 spiro atoms. The van der Waals surface area contributed by atoms with Gasteiger partial charge in [0.05, 0.1) is 6.20 Å². The average Bonchev–Trinajstić information content (AvgIpc) is 2.83. The molecule has 0 amide bonds. The topological polar surface area (TPSA) is 67.7 Å². The van der Waals surface area contributed by atoms with Crippen molar-refractivity contribution in [3.63, 3.8) is 0 Å². The van der Waals surface area contributed by atoms with Crippen LogP contribution in [0.2, 0.25) is 0 Å². The minimum absolute atomic E-state index is 0.713. The third-order valence-electron chi connectivity index (χ3n) is 2.90. The number of rotatable bonds is 6. The molecule has 0 fully saturated rings. The lowest BCUT2D eigenvalue weighted by atomic mass is 10.1. The fourth-order valence-corrected chi connectivity index (χ4v) is 2.02. The monoisotopic (exact) mass is 260 g/mol. The minimum Gasteiger partial charge on any atom is -0.373 e. The molecule has 2 heterocycles. The van der Waals surface area contributed by atoms with Gasteiger partial charge >= 0.3 is 0 Å². The lowest BCUT2D eigenvalue weighted by Crippen LogP contribution is -2.08. The highest BCUT2D eigenvalue weighted by Gasteiger charge is 2.09. The zero-order valence-corrected chi connectivity index (χ0v) is 11.6. The summed E-state index contributed by atoms with van der Waals surface area (Å²) in [7, 11) is 3.79. The summed E-state index contributed by atoms with van der Waals surface area (Å²) in [6.07, 6.45) is 7.44. The Labute approximate surface area is 113 Å². The largest absolute Gasteiger partial charge is 0.373 e. The third kappa shape index (κ3) is 3.21. The minimum atomic E-state index is 0.713. The third-order valence-corrected chi connectivity index (χ3v) is 2.90. The van der Waals surface area contributed by atoms with E-state index >= 15 is 0 Å². The van der Waals surface area contributed by atoms with E-state index in [1.54, 1.807) is 11.0 Å². The van der Waals surface area contributed by atoms with Crippen LogP contribution in [-0.4, -0.2) is 26.8 Å². The molecule has 2 aromatic heterocycles. The highest BCUT2D eigenvalue weighted by Crippen LogP contribution is 2.21. The van der Waals surface area contributed by atoms with Gasteiger partial charge in [-0.05, 0) is 6.42 Å². The van der Waals surface area contributed by atoms with Crippen molar-refractivity contribution < 1.29 is 0 Å². The second kappa shape index (κ2) is 6.17. The molecule has 0 unspecified atom stereocenters. The fraction of sp³-hybridized carbons (Fsp3) is 0.462. The van der Waals surface area contributed by atoms with E-state index in [0.29, 0.717) is 6.54 Å². The van der Waals surface area contributed by atoms with Crippen molar-refractivity contribution in [2.45, 2.75) is 26.3 Å². The quantitative estimate of drug-likeness (QED) is 0.829. The molecule has 2 aromatic rings. The molecule has 2 rings (SSSR count). The Hall–Kier alpha value is -2.11. The van der Waals surface area contributed by atoms with Crippen molar-refractivity contribution >= 4 is 11.6 Å². The van der Waals surface area contributed by atoms with E-state index in [4.69, 9.17) is 0 Å². The zero-order valence-electron chi connectivity index (χ0n) is 11.6. The van der Waals surface area contributed by atoms with Crippen molar-refractivity contribution in [3.8, 4) is 0 Å². The van der Waals surface area contributed by atoms with Gasteiger partial charge in [0.1, 0.15) is 18.0 Å². The summed E-state index contributed by atoms with van der Waals surface area (Å²) in [6.45, 7) is 2.86. The maximum atomic E-state index is 4.34. The van der Waals surface area contributed by atoms with Crippen molar-refractivity contribution in [2.24, 2.45) is 7.05 Å². The van der Waals surface area contributed by atoms with Gasteiger partial charge in [0.2, 0.25) is 0 Å². The number of nitrogens with zero attached hydrogens (tertiary/aromatic N) is 4. The number of aromatic nitrogens is 4. The Balaban J connectivity index is 2.14. The predicted octanol–water partition coefficient (Wildman–Crippen LogP) is 1.82. The van der Waals surface area contributed by atoms with Gasteiger partial charge in [0.15, 0.2) is 0 Å². The van der Waals surface area contributed by atoms with Gasteiger partial charge in [-0.3, -0.25) is 4.68 Å². The summed E-state index contributed by atoms with van der Waals surface area (Å²) >= 11 is 0. The van der Waals surface area contributed by atoms with E-state index in [2.05, 4.69) is 32.6 Å². The van der Waals surface area contributed by atoms with Crippen LogP contribution in [0, 0.1) is 0 Å². The first-order chi connectivity index (χ1) is 9.24. The SMILES string of the molecule is CCCc1c(NC)ncnc1NCc1cnn(C)c1. The van der Waals surface area contributed by atoms with Crippen LogP contribution in [0.5, 0.6) is 0 Å². The molecular weight excluding hydrogens is 240 g/mol. The lowest BCUT2D eigenvalue weighted by molar-refractivity contribution is 0.767. The van der Waals surface area contributed by atoms with Crippen molar-refractivity contribution in [1.82, 2.24) is 19.7 Å². The summed E-state index contributed by atoms with van der Waals surface area (Å²) in [4.78, 5) is 8.60. The Kier molecular flexibility index (Phi) is 4.33. The highest BCUT2D eigenvalue weighted by molar-refractivity contribution is 5.57. The number of hydrogen-bond donors (Lipinski definition) is 2. The van der Waals surface area contributed by atoms with Crippen LogP contribution in [-0.2, 0) is 20.0 Å². The van der Waals surface area contributed by atoms with Crippen LogP contribution < -0.4 is 10.6 Å². The molecule has 0 saturated heterocycles. The van der Waals surface area contributed by atoms with Gasteiger partial charge in [0, 0.05) is 38.0 Å². The van der Waals surface area contributed by atoms with Crippen LogP contribution in [0.25, 0.3) is 0 Å². The Bertz CT molecular complexity index is 534. The second-order valence-electron chi connectivity index (χ2n) is 4.43. The van der Waals surface area contributed by atoms with Gasteiger partial charge in [-0.15, -0.1) is 0 Å². The smallest absolute Gasteiger partial charge is 0.134 e. The van der Waals surface area contributed by atoms with E-state index in [-0.39, 0.29) is 0 Å². The molecule has 0 radical (unpaired) electrons. The molecule has 0 aliphatic heterocycles. The maximum absolute atomic E-state index is 4.34. The summed E-state index contributed by atoms with van der Waals surface area (Å²) in [6, 6.07) is 0.